The van der Waals surface area contributed by atoms with Gasteiger partial charge in [0.25, 0.3) is 0 Å². The first-order valence-corrected chi connectivity index (χ1v) is 10.0. The smallest absolute Gasteiger partial charge is 0.410 e. The van der Waals surface area contributed by atoms with Crippen LogP contribution in [0.5, 0.6) is 5.75 Å². The van der Waals surface area contributed by atoms with Crippen molar-refractivity contribution in [3.05, 3.63) is 59.9 Å². The van der Waals surface area contributed by atoms with Gasteiger partial charge in [0, 0.05) is 38.4 Å². The number of amides is 1. The van der Waals surface area contributed by atoms with Crippen LogP contribution in [0.3, 0.4) is 0 Å². The molecule has 3 rings (SSSR count). The average Bonchev–Trinajstić information content (AvgIpc) is 2.74. The molecule has 0 radical (unpaired) electrons. The average molecular weight is 399 g/mol. The van der Waals surface area contributed by atoms with Crippen LogP contribution >= 0.6 is 0 Å². The van der Waals surface area contributed by atoms with Crippen molar-refractivity contribution in [1.29, 1.82) is 0 Å². The maximum atomic E-state index is 12.4. The summed E-state index contributed by atoms with van der Waals surface area (Å²) in [5.41, 5.74) is 1.92. The summed E-state index contributed by atoms with van der Waals surface area (Å²) in [6.07, 6.45) is 2.33. The number of nitrogens with one attached hydrogen (secondary N) is 1. The van der Waals surface area contributed by atoms with Crippen molar-refractivity contribution in [3.8, 4) is 5.75 Å². The van der Waals surface area contributed by atoms with Crippen molar-refractivity contribution in [1.82, 2.24) is 20.1 Å². The highest BCUT2D eigenvalue weighted by molar-refractivity contribution is 5.67. The van der Waals surface area contributed by atoms with Gasteiger partial charge in [-0.05, 0) is 38.2 Å². The molecule has 0 saturated carbocycles. The van der Waals surface area contributed by atoms with E-state index in [0.29, 0.717) is 26.3 Å². The van der Waals surface area contributed by atoms with Crippen LogP contribution in [0.25, 0.3) is 0 Å². The summed E-state index contributed by atoms with van der Waals surface area (Å²) in [6.45, 7) is 3.63. The van der Waals surface area contributed by atoms with Crippen molar-refractivity contribution in [2.75, 3.05) is 40.3 Å². The van der Waals surface area contributed by atoms with Gasteiger partial charge in [-0.1, -0.05) is 30.3 Å². The lowest BCUT2D eigenvalue weighted by Crippen LogP contribution is -2.53. The monoisotopic (exact) mass is 398 g/mol. The third kappa shape index (κ3) is 6.73. The molecule has 0 aliphatic carbocycles. The third-order valence-corrected chi connectivity index (χ3v) is 4.76. The number of piperazine rings is 1. The molecule has 29 heavy (non-hydrogen) atoms. The number of carbonyl (C=O) groups is 1. The second kappa shape index (κ2) is 10.8. The van der Waals surface area contributed by atoms with Crippen LogP contribution in [-0.4, -0.2) is 67.3 Å². The highest BCUT2D eigenvalue weighted by Crippen LogP contribution is 2.17. The normalized spacial score (nSPS) is 16.7. The van der Waals surface area contributed by atoms with Crippen molar-refractivity contribution in [2.24, 2.45) is 0 Å². The number of aromatic nitrogens is 1. The number of carbonyl (C=O) groups excluding carboxylic acids is 1. The number of hydrogen-bond donors (Lipinski definition) is 1. The molecule has 1 saturated heterocycles. The van der Waals surface area contributed by atoms with Gasteiger partial charge in [-0.3, -0.25) is 4.98 Å². The largest absolute Gasteiger partial charge is 0.492 e. The van der Waals surface area contributed by atoms with Crippen LogP contribution in [-0.2, 0) is 17.9 Å². The lowest BCUT2D eigenvalue weighted by Gasteiger charge is -2.33. The number of rotatable bonds is 8. The van der Waals surface area contributed by atoms with Crippen LogP contribution in [0.15, 0.2) is 48.7 Å². The first-order chi connectivity index (χ1) is 14.1. The number of benzene rings is 1. The van der Waals surface area contributed by atoms with Gasteiger partial charge >= 0.3 is 6.09 Å². The molecule has 2 heterocycles. The summed E-state index contributed by atoms with van der Waals surface area (Å²) < 4.78 is 11.4. The molecule has 7 heteroatoms. The van der Waals surface area contributed by atoms with Gasteiger partial charge in [0.1, 0.15) is 12.4 Å². The van der Waals surface area contributed by atoms with Crippen molar-refractivity contribution in [2.45, 2.75) is 25.6 Å². The quantitative estimate of drug-likeness (QED) is 0.737. The zero-order valence-electron chi connectivity index (χ0n) is 17.2. The Morgan fingerprint density at radius 2 is 2.07 bits per heavy atom. The van der Waals surface area contributed by atoms with E-state index in [1.54, 1.807) is 11.1 Å². The van der Waals surface area contributed by atoms with Crippen molar-refractivity contribution in [3.63, 3.8) is 0 Å². The van der Waals surface area contributed by atoms with E-state index < -0.39 is 0 Å². The van der Waals surface area contributed by atoms with E-state index in [2.05, 4.69) is 15.2 Å². The predicted molar refractivity (Wildman–Crippen MR) is 112 cm³/mol. The molecule has 1 aliphatic rings. The van der Waals surface area contributed by atoms with E-state index in [1.807, 2.05) is 56.6 Å². The first-order valence-electron chi connectivity index (χ1n) is 10.0. The Bertz CT molecular complexity index is 770. The molecular formula is C22H30N4O3. The van der Waals surface area contributed by atoms with Gasteiger partial charge in [0.05, 0.1) is 12.3 Å². The molecule has 0 unspecified atom stereocenters. The second-order valence-electron chi connectivity index (χ2n) is 7.46. The van der Waals surface area contributed by atoms with Crippen LogP contribution in [0.4, 0.5) is 4.79 Å². The van der Waals surface area contributed by atoms with Gasteiger partial charge in [-0.2, -0.15) is 0 Å². The molecule has 1 atom stereocenters. The summed E-state index contributed by atoms with van der Waals surface area (Å²) in [5.74, 6) is 0.816. The molecule has 1 N–H and O–H groups in total. The second-order valence-corrected chi connectivity index (χ2v) is 7.46. The molecule has 156 valence electrons. The van der Waals surface area contributed by atoms with Gasteiger partial charge in [-0.15, -0.1) is 0 Å². The van der Waals surface area contributed by atoms with Crippen LogP contribution in [0.2, 0.25) is 0 Å². The van der Waals surface area contributed by atoms with E-state index >= 15 is 0 Å². The number of hydrogen-bond acceptors (Lipinski definition) is 6. The molecule has 1 aliphatic heterocycles. The lowest BCUT2D eigenvalue weighted by molar-refractivity contribution is 0.0827. The Morgan fingerprint density at radius 3 is 2.86 bits per heavy atom. The molecular weight excluding hydrogens is 368 g/mol. The van der Waals surface area contributed by atoms with Gasteiger partial charge in [0.15, 0.2) is 0 Å². The summed E-state index contributed by atoms with van der Waals surface area (Å²) in [6, 6.07) is 13.8. The first kappa shape index (κ1) is 21.1. The molecule has 1 aromatic carbocycles. The summed E-state index contributed by atoms with van der Waals surface area (Å²) in [7, 11) is 4.02. The minimum Gasteiger partial charge on any atom is -0.492 e. The lowest BCUT2D eigenvalue weighted by atomic mass is 10.1. The van der Waals surface area contributed by atoms with Gasteiger partial charge in [0.2, 0.25) is 0 Å². The number of nitrogens with zero attached hydrogens (tertiary/aromatic N) is 3. The Balaban J connectivity index is 1.43. The molecule has 1 fully saturated rings. The van der Waals surface area contributed by atoms with E-state index in [0.717, 1.165) is 36.5 Å². The molecule has 1 amide bonds. The standard InChI is InChI=1S/C22H30N4O3/c1-25(2)16-20-21(9-6-11-24-20)28-14-10-19-15-26(13-12-23-19)22(27)29-17-18-7-4-3-5-8-18/h3-9,11,19,23H,10,12-17H2,1-2H3/t19-/m1/s1. The Hall–Kier alpha value is -2.64. The SMILES string of the molecule is CN(C)Cc1ncccc1OCC[C@@H]1CN(C(=O)OCc2ccccc2)CCN1. The summed E-state index contributed by atoms with van der Waals surface area (Å²) in [4.78, 5) is 20.6. The van der Waals surface area contributed by atoms with Gasteiger partial charge in [-0.25, -0.2) is 4.79 Å². The van der Waals surface area contributed by atoms with E-state index in [4.69, 9.17) is 9.47 Å². The zero-order chi connectivity index (χ0) is 20.5. The highest BCUT2D eigenvalue weighted by Gasteiger charge is 2.24. The fourth-order valence-electron chi connectivity index (χ4n) is 3.28. The molecule has 0 bridgehead atoms. The highest BCUT2D eigenvalue weighted by atomic mass is 16.6. The number of ether oxygens (including phenoxy) is 2. The fourth-order valence-corrected chi connectivity index (χ4v) is 3.28. The Labute approximate surface area is 172 Å². The molecule has 7 nitrogen and oxygen atoms in total. The molecule has 1 aromatic heterocycles. The van der Waals surface area contributed by atoms with Crippen LogP contribution in [0, 0.1) is 0 Å². The third-order valence-electron chi connectivity index (χ3n) is 4.76. The van der Waals surface area contributed by atoms with E-state index in [9.17, 15) is 4.79 Å². The minimum absolute atomic E-state index is 0.182. The van der Waals surface area contributed by atoms with E-state index in [1.165, 1.54) is 0 Å². The summed E-state index contributed by atoms with van der Waals surface area (Å²) >= 11 is 0. The Morgan fingerprint density at radius 1 is 1.24 bits per heavy atom. The Kier molecular flexibility index (Phi) is 7.84. The minimum atomic E-state index is -0.262. The fraction of sp³-hybridized carbons (Fsp3) is 0.455. The molecule has 2 aromatic rings. The maximum absolute atomic E-state index is 12.4. The van der Waals surface area contributed by atoms with E-state index in [-0.39, 0.29) is 12.1 Å². The number of pyridine rings is 1. The van der Waals surface area contributed by atoms with Crippen molar-refractivity contribution < 1.29 is 14.3 Å². The maximum Gasteiger partial charge on any atom is 0.410 e. The van der Waals surface area contributed by atoms with Crippen molar-refractivity contribution >= 4 is 6.09 Å². The topological polar surface area (TPSA) is 66.9 Å². The predicted octanol–water partition coefficient (Wildman–Crippen LogP) is 2.52. The zero-order valence-corrected chi connectivity index (χ0v) is 17.2. The molecule has 0 spiro atoms. The summed E-state index contributed by atoms with van der Waals surface area (Å²) in [5, 5.41) is 3.46. The van der Waals surface area contributed by atoms with Crippen LogP contribution in [0.1, 0.15) is 17.7 Å². The van der Waals surface area contributed by atoms with Gasteiger partial charge < -0.3 is 24.6 Å². The van der Waals surface area contributed by atoms with Crippen LogP contribution < -0.4 is 10.1 Å².